The Labute approximate surface area is 58.2 Å². The van der Waals surface area contributed by atoms with Crippen LogP contribution in [0.15, 0.2) is 16.8 Å². The van der Waals surface area contributed by atoms with Crippen LogP contribution in [0.25, 0.3) is 0 Å². The Bertz CT molecular complexity index is 115. The van der Waals surface area contributed by atoms with Crippen LogP contribution in [-0.2, 0) is 0 Å². The second kappa shape index (κ2) is 3.15. The Morgan fingerprint density at radius 2 is 2.29 bits per heavy atom. The van der Waals surface area contributed by atoms with E-state index in [1.807, 2.05) is 5.38 Å². The molecule has 0 aliphatic carbocycles. The molecule has 0 fully saturated rings. The van der Waals surface area contributed by atoms with E-state index < -0.39 is 0 Å². The molecule has 0 amide bonds. The fourth-order valence-corrected chi connectivity index (χ4v) is 0.772. The van der Waals surface area contributed by atoms with Crippen LogP contribution < -0.4 is 0 Å². The number of hydrogen-bond acceptors (Lipinski definition) is 2. The van der Waals surface area contributed by atoms with Crippen LogP contribution in [0.1, 0.15) is 0 Å². The molecule has 1 nitrogen and oxygen atoms in total. The van der Waals surface area contributed by atoms with E-state index >= 15 is 0 Å². The molecule has 1 heterocycles. The average molecular weight is 108 g/mol. The van der Waals surface area contributed by atoms with Gasteiger partial charge in [-0.05, 0) is 11.4 Å². The maximum atomic E-state index is 8.48. The summed E-state index contributed by atoms with van der Waals surface area (Å²) in [6.07, 6.45) is 0. The summed E-state index contributed by atoms with van der Waals surface area (Å²) in [5, 5.41) is 12.0. The Morgan fingerprint density at radius 3 is 2.43 bits per heavy atom. The minimum atomic E-state index is 0. The topological polar surface area (TPSA) is 20.2 Å². The van der Waals surface area contributed by atoms with E-state index in [1.54, 1.807) is 11.4 Å². The van der Waals surface area contributed by atoms with Crippen molar-refractivity contribution in [3.8, 4) is 5.75 Å². The first-order valence-corrected chi connectivity index (χ1v) is 2.55. The van der Waals surface area contributed by atoms with Gasteiger partial charge in [0.25, 0.3) is 0 Å². The van der Waals surface area contributed by atoms with Gasteiger partial charge >= 0.3 is 18.9 Å². The van der Waals surface area contributed by atoms with Crippen LogP contribution in [0.5, 0.6) is 5.75 Å². The van der Waals surface area contributed by atoms with Gasteiger partial charge in [-0.25, -0.2) is 0 Å². The molecule has 0 spiro atoms. The van der Waals surface area contributed by atoms with Crippen molar-refractivity contribution in [3.05, 3.63) is 16.8 Å². The van der Waals surface area contributed by atoms with Crippen molar-refractivity contribution in [3.63, 3.8) is 0 Å². The molecule has 1 aromatic heterocycles. The Balaban J connectivity index is 0.000000360. The molecule has 3 heteroatoms. The molecule has 1 rings (SSSR count). The summed E-state index contributed by atoms with van der Waals surface area (Å²) >= 11 is 1.49. The van der Waals surface area contributed by atoms with Gasteiger partial charge in [0.1, 0.15) is 5.75 Å². The van der Waals surface area contributed by atoms with Crippen LogP contribution in [0, 0.1) is 0 Å². The second-order valence-corrected chi connectivity index (χ2v) is 1.76. The molecule has 0 atom stereocenters. The van der Waals surface area contributed by atoms with Gasteiger partial charge in [-0.15, -0.1) is 11.3 Å². The maximum absolute atomic E-state index is 8.48. The summed E-state index contributed by atoms with van der Waals surface area (Å²) < 4.78 is 0. The van der Waals surface area contributed by atoms with Gasteiger partial charge in [-0.1, -0.05) is 0 Å². The molecule has 0 saturated carbocycles. The van der Waals surface area contributed by atoms with Gasteiger partial charge in [-0.3, -0.25) is 0 Å². The number of aromatic hydroxyl groups is 1. The molecule has 0 saturated heterocycles. The molecule has 1 aromatic rings. The van der Waals surface area contributed by atoms with E-state index in [1.165, 1.54) is 11.3 Å². The Morgan fingerprint density at radius 1 is 1.57 bits per heavy atom. The summed E-state index contributed by atoms with van der Waals surface area (Å²) in [5.41, 5.74) is 0. The third-order valence-electron chi connectivity index (χ3n) is 0.506. The van der Waals surface area contributed by atoms with Crippen molar-refractivity contribution in [2.45, 2.75) is 0 Å². The fraction of sp³-hybridized carbons (Fsp3) is 0. The molecular weight excluding hydrogens is 103 g/mol. The van der Waals surface area contributed by atoms with Gasteiger partial charge in [0.15, 0.2) is 0 Å². The third kappa shape index (κ3) is 2.03. The van der Waals surface area contributed by atoms with Crippen molar-refractivity contribution >= 4 is 30.2 Å². The zero-order valence-corrected chi connectivity index (χ0v) is 3.90. The molecule has 0 bridgehead atoms. The molecule has 0 aromatic carbocycles. The minimum absolute atomic E-state index is 0. The van der Waals surface area contributed by atoms with E-state index in [0.717, 1.165) is 0 Å². The monoisotopic (exact) mass is 108 g/mol. The van der Waals surface area contributed by atoms with Gasteiger partial charge in [0.2, 0.25) is 0 Å². The summed E-state index contributed by atoms with van der Waals surface area (Å²) in [4.78, 5) is 0. The first-order chi connectivity index (χ1) is 2.89. The first kappa shape index (κ1) is 7.10. The van der Waals surface area contributed by atoms with Gasteiger partial charge in [0.05, 0.1) is 0 Å². The number of rotatable bonds is 0. The van der Waals surface area contributed by atoms with Crippen LogP contribution in [0.4, 0.5) is 0 Å². The summed E-state index contributed by atoms with van der Waals surface area (Å²) in [7, 11) is 0. The van der Waals surface area contributed by atoms with Crippen molar-refractivity contribution < 1.29 is 5.11 Å². The van der Waals surface area contributed by atoms with Crippen LogP contribution >= 0.6 is 11.3 Å². The van der Waals surface area contributed by atoms with E-state index in [0.29, 0.717) is 5.75 Å². The predicted octanol–water partition coefficient (Wildman–Crippen LogP) is 0.805. The molecular formula is C4H5LiOS. The number of thiophene rings is 1. The van der Waals surface area contributed by atoms with Crippen molar-refractivity contribution in [1.82, 2.24) is 0 Å². The number of hydrogen-bond donors (Lipinski definition) is 1. The van der Waals surface area contributed by atoms with Crippen LogP contribution in [0.2, 0.25) is 0 Å². The molecule has 34 valence electrons. The van der Waals surface area contributed by atoms with Crippen molar-refractivity contribution in [2.75, 3.05) is 0 Å². The van der Waals surface area contributed by atoms with Gasteiger partial charge < -0.3 is 5.11 Å². The normalized spacial score (nSPS) is 7.43. The van der Waals surface area contributed by atoms with Crippen LogP contribution in [-0.4, -0.2) is 24.0 Å². The first-order valence-electron chi connectivity index (χ1n) is 1.61. The summed E-state index contributed by atoms with van der Waals surface area (Å²) in [6.45, 7) is 0. The molecule has 0 aliphatic heterocycles. The SMILES string of the molecule is Oc1ccsc1.[LiH]. The van der Waals surface area contributed by atoms with E-state index in [4.69, 9.17) is 5.11 Å². The Kier molecular flexibility index (Phi) is 3.19. The zero-order chi connectivity index (χ0) is 4.41. The summed E-state index contributed by atoms with van der Waals surface area (Å²) in [6, 6.07) is 1.66. The summed E-state index contributed by atoms with van der Waals surface area (Å²) in [5.74, 6) is 0.361. The average Bonchev–Trinajstić information content (AvgIpc) is 1.86. The van der Waals surface area contributed by atoms with Crippen molar-refractivity contribution in [1.29, 1.82) is 0 Å². The van der Waals surface area contributed by atoms with Gasteiger partial charge in [-0.2, -0.15) is 0 Å². The molecule has 0 aliphatic rings. The van der Waals surface area contributed by atoms with E-state index in [2.05, 4.69) is 0 Å². The second-order valence-electron chi connectivity index (χ2n) is 0.982. The van der Waals surface area contributed by atoms with Crippen molar-refractivity contribution in [2.24, 2.45) is 0 Å². The van der Waals surface area contributed by atoms with Gasteiger partial charge in [0, 0.05) is 5.38 Å². The fourth-order valence-electron chi connectivity index (χ4n) is 0.257. The van der Waals surface area contributed by atoms with E-state index in [-0.39, 0.29) is 18.9 Å². The molecule has 0 radical (unpaired) electrons. The quantitative estimate of drug-likeness (QED) is 0.487. The van der Waals surface area contributed by atoms with E-state index in [9.17, 15) is 0 Å². The third-order valence-corrected chi connectivity index (χ3v) is 1.18. The zero-order valence-electron chi connectivity index (χ0n) is 3.09. The Hall–Kier alpha value is 0.0974. The molecule has 1 N–H and O–H groups in total. The molecule has 0 unspecified atom stereocenters. The standard InChI is InChI=1S/C4H4OS.Li.H/c5-4-1-2-6-3-4;;/h1-3,5H;;. The predicted molar refractivity (Wildman–Crippen MR) is 33.1 cm³/mol. The van der Waals surface area contributed by atoms with Crippen LogP contribution in [0.3, 0.4) is 0 Å². The molecule has 7 heavy (non-hydrogen) atoms.